The van der Waals surface area contributed by atoms with Crippen LogP contribution in [0.4, 0.5) is 0 Å². The normalized spacial score (nSPS) is 11.8. The standard InChI is InChI=1S/C15H23NO5/c1-11(17)13-6-5-12(20-3)9-14(13)21-10-15(18)16-7-4-8-19-2/h5-6,9,11,17H,4,7-8,10H2,1-3H3,(H,16,18)/t11-/m0/s1. The second-order valence-electron chi connectivity index (χ2n) is 4.56. The van der Waals surface area contributed by atoms with Gasteiger partial charge in [0.1, 0.15) is 11.5 Å². The highest BCUT2D eigenvalue weighted by Gasteiger charge is 2.12. The summed E-state index contributed by atoms with van der Waals surface area (Å²) in [6.45, 7) is 2.67. The molecule has 1 aromatic rings. The van der Waals surface area contributed by atoms with Crippen molar-refractivity contribution in [3.05, 3.63) is 23.8 Å². The number of hydrogen-bond acceptors (Lipinski definition) is 5. The highest BCUT2D eigenvalue weighted by Crippen LogP contribution is 2.29. The van der Waals surface area contributed by atoms with Gasteiger partial charge >= 0.3 is 0 Å². The molecule has 2 N–H and O–H groups in total. The number of carbonyl (C=O) groups is 1. The summed E-state index contributed by atoms with van der Waals surface area (Å²) in [6.07, 6.45) is 0.0658. The van der Waals surface area contributed by atoms with Crippen LogP contribution >= 0.6 is 0 Å². The Morgan fingerprint density at radius 1 is 1.38 bits per heavy atom. The number of aliphatic hydroxyl groups is 1. The summed E-state index contributed by atoms with van der Waals surface area (Å²) in [5, 5.41) is 12.4. The molecule has 0 bridgehead atoms. The predicted octanol–water partition coefficient (Wildman–Crippen LogP) is 1.28. The summed E-state index contributed by atoms with van der Waals surface area (Å²) < 4.78 is 15.5. The van der Waals surface area contributed by atoms with Crippen molar-refractivity contribution in [2.24, 2.45) is 0 Å². The van der Waals surface area contributed by atoms with Crippen LogP contribution in [0.25, 0.3) is 0 Å². The molecule has 0 saturated carbocycles. The Morgan fingerprint density at radius 2 is 2.14 bits per heavy atom. The molecule has 0 heterocycles. The monoisotopic (exact) mass is 297 g/mol. The Hall–Kier alpha value is -1.79. The number of aliphatic hydroxyl groups excluding tert-OH is 1. The second kappa shape index (κ2) is 9.20. The van der Waals surface area contributed by atoms with Gasteiger partial charge in [0.25, 0.3) is 5.91 Å². The lowest BCUT2D eigenvalue weighted by Crippen LogP contribution is -2.30. The van der Waals surface area contributed by atoms with Crippen molar-refractivity contribution in [3.8, 4) is 11.5 Å². The average molecular weight is 297 g/mol. The largest absolute Gasteiger partial charge is 0.497 e. The Bertz CT molecular complexity index is 448. The van der Waals surface area contributed by atoms with Gasteiger partial charge in [-0.2, -0.15) is 0 Å². The Balaban J connectivity index is 2.55. The molecule has 0 spiro atoms. The number of rotatable bonds is 9. The van der Waals surface area contributed by atoms with Gasteiger partial charge in [0.15, 0.2) is 6.61 Å². The molecule has 118 valence electrons. The highest BCUT2D eigenvalue weighted by atomic mass is 16.5. The highest BCUT2D eigenvalue weighted by molar-refractivity contribution is 5.77. The van der Waals surface area contributed by atoms with Crippen molar-refractivity contribution in [1.29, 1.82) is 0 Å². The summed E-state index contributed by atoms with van der Waals surface area (Å²) in [5.74, 6) is 0.830. The van der Waals surface area contributed by atoms with Crippen molar-refractivity contribution < 1.29 is 24.1 Å². The molecule has 1 aromatic carbocycles. The topological polar surface area (TPSA) is 77.0 Å². The van der Waals surface area contributed by atoms with E-state index in [1.807, 2.05) is 0 Å². The van der Waals surface area contributed by atoms with Crippen LogP contribution in [-0.4, -0.2) is 45.0 Å². The van der Waals surface area contributed by atoms with E-state index < -0.39 is 6.10 Å². The van der Waals surface area contributed by atoms with Crippen molar-refractivity contribution >= 4 is 5.91 Å². The summed E-state index contributed by atoms with van der Waals surface area (Å²) in [6, 6.07) is 5.11. The van der Waals surface area contributed by atoms with Gasteiger partial charge in [-0.25, -0.2) is 0 Å². The van der Waals surface area contributed by atoms with Crippen LogP contribution in [0.3, 0.4) is 0 Å². The van der Waals surface area contributed by atoms with Crippen LogP contribution in [0, 0.1) is 0 Å². The molecule has 0 radical (unpaired) electrons. The van der Waals surface area contributed by atoms with E-state index in [4.69, 9.17) is 14.2 Å². The summed E-state index contributed by atoms with van der Waals surface area (Å²) in [5.41, 5.74) is 0.614. The van der Waals surface area contributed by atoms with Crippen LogP contribution in [-0.2, 0) is 9.53 Å². The van der Waals surface area contributed by atoms with E-state index in [2.05, 4.69) is 5.32 Å². The minimum absolute atomic E-state index is 0.111. The van der Waals surface area contributed by atoms with Crippen LogP contribution in [0.1, 0.15) is 25.0 Å². The summed E-state index contributed by atoms with van der Waals surface area (Å²) >= 11 is 0. The minimum Gasteiger partial charge on any atom is -0.497 e. The molecule has 1 atom stereocenters. The molecule has 1 amide bonds. The van der Waals surface area contributed by atoms with E-state index in [1.54, 1.807) is 39.3 Å². The third-order valence-corrected chi connectivity index (χ3v) is 2.88. The van der Waals surface area contributed by atoms with E-state index in [1.165, 1.54) is 0 Å². The third-order valence-electron chi connectivity index (χ3n) is 2.88. The van der Waals surface area contributed by atoms with Gasteiger partial charge in [-0.05, 0) is 25.5 Å². The van der Waals surface area contributed by atoms with Crippen LogP contribution in [0.2, 0.25) is 0 Å². The molecule has 6 nitrogen and oxygen atoms in total. The molecule has 0 aliphatic carbocycles. The minimum atomic E-state index is -0.685. The van der Waals surface area contributed by atoms with E-state index >= 15 is 0 Å². The van der Waals surface area contributed by atoms with Crippen LogP contribution < -0.4 is 14.8 Å². The first kappa shape index (κ1) is 17.3. The van der Waals surface area contributed by atoms with Crippen molar-refractivity contribution in [1.82, 2.24) is 5.32 Å². The number of carbonyl (C=O) groups excluding carboxylic acids is 1. The van der Waals surface area contributed by atoms with E-state index in [9.17, 15) is 9.90 Å². The lowest BCUT2D eigenvalue weighted by Gasteiger charge is -2.14. The van der Waals surface area contributed by atoms with Gasteiger partial charge in [0.2, 0.25) is 0 Å². The van der Waals surface area contributed by atoms with Crippen LogP contribution in [0.15, 0.2) is 18.2 Å². The molecule has 0 unspecified atom stereocenters. The fraction of sp³-hybridized carbons (Fsp3) is 0.533. The van der Waals surface area contributed by atoms with E-state index in [0.29, 0.717) is 30.2 Å². The zero-order chi connectivity index (χ0) is 15.7. The number of benzene rings is 1. The van der Waals surface area contributed by atoms with Crippen molar-refractivity contribution in [3.63, 3.8) is 0 Å². The number of ether oxygens (including phenoxy) is 3. The molecule has 6 heteroatoms. The molecule has 0 saturated heterocycles. The number of methoxy groups -OCH3 is 2. The molecule has 0 fully saturated rings. The molecule has 0 aliphatic rings. The maximum atomic E-state index is 11.6. The second-order valence-corrected chi connectivity index (χ2v) is 4.56. The lowest BCUT2D eigenvalue weighted by molar-refractivity contribution is -0.123. The third kappa shape index (κ3) is 6.01. The van der Waals surface area contributed by atoms with Crippen molar-refractivity contribution in [2.75, 3.05) is 34.0 Å². The van der Waals surface area contributed by atoms with Gasteiger partial charge in [-0.3, -0.25) is 4.79 Å². The predicted molar refractivity (Wildman–Crippen MR) is 78.6 cm³/mol. The van der Waals surface area contributed by atoms with E-state index in [0.717, 1.165) is 6.42 Å². The fourth-order valence-electron chi connectivity index (χ4n) is 1.75. The SMILES string of the molecule is COCCCNC(=O)COc1cc(OC)ccc1[C@H](C)O. The number of amides is 1. The maximum absolute atomic E-state index is 11.6. The fourth-order valence-corrected chi connectivity index (χ4v) is 1.75. The molecule has 0 aromatic heterocycles. The number of hydrogen-bond donors (Lipinski definition) is 2. The first-order valence-corrected chi connectivity index (χ1v) is 6.83. The van der Waals surface area contributed by atoms with Gasteiger partial charge < -0.3 is 24.6 Å². The first-order valence-electron chi connectivity index (χ1n) is 6.83. The zero-order valence-electron chi connectivity index (χ0n) is 12.7. The summed E-state index contributed by atoms with van der Waals surface area (Å²) in [7, 11) is 3.16. The first-order chi connectivity index (χ1) is 10.1. The Morgan fingerprint density at radius 3 is 2.76 bits per heavy atom. The lowest BCUT2D eigenvalue weighted by atomic mass is 10.1. The Labute approximate surface area is 125 Å². The van der Waals surface area contributed by atoms with Gasteiger partial charge in [0.05, 0.1) is 13.2 Å². The molecule has 0 aliphatic heterocycles. The van der Waals surface area contributed by atoms with Crippen molar-refractivity contribution in [2.45, 2.75) is 19.4 Å². The summed E-state index contributed by atoms with van der Waals surface area (Å²) in [4.78, 5) is 11.6. The van der Waals surface area contributed by atoms with Gasteiger partial charge in [0, 0.05) is 31.9 Å². The number of nitrogens with one attached hydrogen (secondary N) is 1. The molecule has 1 rings (SSSR count). The smallest absolute Gasteiger partial charge is 0.257 e. The molecule has 21 heavy (non-hydrogen) atoms. The maximum Gasteiger partial charge on any atom is 0.257 e. The molecular weight excluding hydrogens is 274 g/mol. The quantitative estimate of drug-likeness (QED) is 0.671. The molecular formula is C15H23NO5. The van der Waals surface area contributed by atoms with Gasteiger partial charge in [-0.1, -0.05) is 0 Å². The Kier molecular flexibility index (Phi) is 7.56. The van der Waals surface area contributed by atoms with Gasteiger partial charge in [-0.15, -0.1) is 0 Å². The van der Waals surface area contributed by atoms with Crippen LogP contribution in [0.5, 0.6) is 11.5 Å². The zero-order valence-corrected chi connectivity index (χ0v) is 12.7. The average Bonchev–Trinajstić information content (AvgIpc) is 2.49. The van der Waals surface area contributed by atoms with E-state index in [-0.39, 0.29) is 12.5 Å².